The molecule has 0 fully saturated rings. The highest BCUT2D eigenvalue weighted by atomic mass is 19.3. The standard InChI is InChI=1S/C6H4F4O2/c1-3(5(11)12)6(9,10)2-4(7)8/h2H,1H2,(H,11,12). The normalized spacial score (nSPS) is 10.7. The van der Waals surface area contributed by atoms with E-state index in [-0.39, 0.29) is 0 Å². The minimum Gasteiger partial charge on any atom is -0.478 e. The molecule has 0 aromatic rings. The molecular weight excluding hydrogens is 180 g/mol. The van der Waals surface area contributed by atoms with Gasteiger partial charge in [-0.2, -0.15) is 17.6 Å². The first-order valence-corrected chi connectivity index (χ1v) is 2.61. The fourth-order valence-corrected chi connectivity index (χ4v) is 0.367. The maximum absolute atomic E-state index is 12.3. The van der Waals surface area contributed by atoms with E-state index in [9.17, 15) is 22.4 Å². The van der Waals surface area contributed by atoms with Crippen molar-refractivity contribution in [3.05, 3.63) is 24.3 Å². The summed E-state index contributed by atoms with van der Waals surface area (Å²) in [6.07, 6.45) is -3.41. The Labute approximate surface area is 64.8 Å². The van der Waals surface area contributed by atoms with Gasteiger partial charge in [-0.1, -0.05) is 6.58 Å². The van der Waals surface area contributed by atoms with Crippen LogP contribution < -0.4 is 0 Å². The molecule has 0 aromatic heterocycles. The van der Waals surface area contributed by atoms with Gasteiger partial charge in [0, 0.05) is 0 Å². The second-order valence-corrected chi connectivity index (χ2v) is 1.84. The highest BCUT2D eigenvalue weighted by molar-refractivity contribution is 5.88. The van der Waals surface area contributed by atoms with E-state index in [1.165, 1.54) is 0 Å². The van der Waals surface area contributed by atoms with Crippen LogP contribution in [0.4, 0.5) is 17.6 Å². The molecule has 0 bridgehead atoms. The van der Waals surface area contributed by atoms with Crippen molar-refractivity contribution in [1.82, 2.24) is 0 Å². The number of carbonyl (C=O) groups is 1. The Morgan fingerprint density at radius 2 is 1.83 bits per heavy atom. The first-order chi connectivity index (χ1) is 5.27. The van der Waals surface area contributed by atoms with Gasteiger partial charge in [-0.3, -0.25) is 0 Å². The number of aliphatic carboxylic acids is 1. The Kier molecular flexibility index (Phi) is 3.00. The van der Waals surface area contributed by atoms with E-state index in [0.717, 1.165) is 0 Å². The monoisotopic (exact) mass is 184 g/mol. The number of carboxylic acid groups (broad SMARTS) is 1. The molecule has 0 saturated carbocycles. The predicted molar refractivity (Wildman–Crippen MR) is 32.0 cm³/mol. The van der Waals surface area contributed by atoms with E-state index < -0.39 is 29.6 Å². The van der Waals surface area contributed by atoms with Crippen molar-refractivity contribution in [1.29, 1.82) is 0 Å². The summed E-state index contributed by atoms with van der Waals surface area (Å²) in [5.74, 6) is -6.22. The summed E-state index contributed by atoms with van der Waals surface area (Å²) in [7, 11) is 0. The average molecular weight is 184 g/mol. The van der Waals surface area contributed by atoms with Gasteiger partial charge in [-0.05, 0) is 0 Å². The Bertz CT molecular complexity index is 240. The van der Waals surface area contributed by atoms with E-state index in [1.54, 1.807) is 0 Å². The molecule has 0 aliphatic rings. The number of carboxylic acids is 1. The van der Waals surface area contributed by atoms with Gasteiger partial charge in [0.25, 0.3) is 6.08 Å². The number of halogens is 4. The molecule has 0 heterocycles. The van der Waals surface area contributed by atoms with Crippen LogP contribution in [0.15, 0.2) is 24.3 Å². The second-order valence-electron chi connectivity index (χ2n) is 1.84. The molecule has 68 valence electrons. The van der Waals surface area contributed by atoms with Gasteiger partial charge in [-0.25, -0.2) is 4.79 Å². The third-order valence-corrected chi connectivity index (χ3v) is 0.951. The maximum atomic E-state index is 12.3. The van der Waals surface area contributed by atoms with E-state index >= 15 is 0 Å². The third-order valence-electron chi connectivity index (χ3n) is 0.951. The number of allylic oxidation sites excluding steroid dienone is 1. The fourth-order valence-electron chi connectivity index (χ4n) is 0.367. The van der Waals surface area contributed by atoms with E-state index in [1.807, 2.05) is 0 Å². The molecule has 0 spiro atoms. The lowest BCUT2D eigenvalue weighted by molar-refractivity contribution is -0.135. The van der Waals surface area contributed by atoms with Crippen molar-refractivity contribution < 1.29 is 27.5 Å². The van der Waals surface area contributed by atoms with Crippen LogP contribution in [0.5, 0.6) is 0 Å². The Morgan fingerprint density at radius 3 is 2.08 bits per heavy atom. The van der Waals surface area contributed by atoms with Crippen molar-refractivity contribution in [2.24, 2.45) is 0 Å². The van der Waals surface area contributed by atoms with Gasteiger partial charge in [0.05, 0.1) is 6.08 Å². The molecule has 0 amide bonds. The first-order valence-electron chi connectivity index (χ1n) is 2.61. The zero-order valence-corrected chi connectivity index (χ0v) is 5.65. The molecule has 0 aliphatic heterocycles. The van der Waals surface area contributed by atoms with Crippen molar-refractivity contribution in [3.8, 4) is 0 Å². The summed E-state index contributed by atoms with van der Waals surface area (Å²) in [4.78, 5) is 9.87. The van der Waals surface area contributed by atoms with Crippen LogP contribution in [0.3, 0.4) is 0 Å². The van der Waals surface area contributed by atoms with Crippen molar-refractivity contribution in [2.45, 2.75) is 5.92 Å². The van der Waals surface area contributed by atoms with E-state index in [2.05, 4.69) is 6.58 Å². The summed E-state index contributed by atoms with van der Waals surface area (Å²) in [6, 6.07) is 0. The number of alkyl halides is 2. The van der Waals surface area contributed by atoms with E-state index in [4.69, 9.17) is 5.11 Å². The largest absolute Gasteiger partial charge is 0.478 e. The summed E-state index contributed by atoms with van der Waals surface area (Å²) < 4.78 is 47.2. The molecule has 6 heteroatoms. The Hall–Kier alpha value is -1.33. The molecule has 0 rings (SSSR count). The van der Waals surface area contributed by atoms with Gasteiger partial charge in [0.15, 0.2) is 0 Å². The van der Waals surface area contributed by atoms with Crippen LogP contribution in [-0.4, -0.2) is 17.0 Å². The summed E-state index contributed by atoms with van der Waals surface area (Å²) in [6.45, 7) is 2.45. The zero-order valence-electron chi connectivity index (χ0n) is 5.65. The fraction of sp³-hybridized carbons (Fsp3) is 0.167. The van der Waals surface area contributed by atoms with Crippen LogP contribution in [0.2, 0.25) is 0 Å². The van der Waals surface area contributed by atoms with Gasteiger partial charge in [-0.15, -0.1) is 0 Å². The molecular formula is C6H4F4O2. The van der Waals surface area contributed by atoms with Crippen molar-refractivity contribution in [3.63, 3.8) is 0 Å². The second kappa shape index (κ2) is 3.38. The first kappa shape index (κ1) is 10.7. The van der Waals surface area contributed by atoms with Crippen LogP contribution >= 0.6 is 0 Å². The average Bonchev–Trinajstić information content (AvgIpc) is 1.82. The molecule has 1 N–H and O–H groups in total. The molecule has 2 nitrogen and oxygen atoms in total. The van der Waals surface area contributed by atoms with Crippen LogP contribution in [0.1, 0.15) is 0 Å². The van der Waals surface area contributed by atoms with Crippen molar-refractivity contribution in [2.75, 3.05) is 0 Å². The third kappa shape index (κ3) is 2.73. The summed E-state index contributed by atoms with van der Waals surface area (Å²) in [5, 5.41) is 7.98. The minimum absolute atomic E-state index is 0.760. The van der Waals surface area contributed by atoms with Crippen LogP contribution in [0.25, 0.3) is 0 Å². The molecule has 12 heavy (non-hydrogen) atoms. The molecule has 0 saturated heterocycles. The lowest BCUT2D eigenvalue weighted by Crippen LogP contribution is -2.21. The quantitative estimate of drug-likeness (QED) is 0.538. The van der Waals surface area contributed by atoms with Gasteiger partial charge in [0.2, 0.25) is 0 Å². The number of hydrogen-bond donors (Lipinski definition) is 1. The lowest BCUT2D eigenvalue weighted by atomic mass is 10.1. The highest BCUT2D eigenvalue weighted by Crippen LogP contribution is 2.26. The Morgan fingerprint density at radius 1 is 1.42 bits per heavy atom. The number of hydrogen-bond acceptors (Lipinski definition) is 1. The summed E-state index contributed by atoms with van der Waals surface area (Å²) >= 11 is 0. The summed E-state index contributed by atoms with van der Waals surface area (Å²) in [5.41, 5.74) is -1.59. The molecule has 0 unspecified atom stereocenters. The maximum Gasteiger partial charge on any atom is 0.337 e. The molecule has 0 aromatic carbocycles. The SMILES string of the molecule is C=C(C(=O)O)C(F)(F)C=C(F)F. The number of rotatable bonds is 3. The van der Waals surface area contributed by atoms with Gasteiger partial charge < -0.3 is 5.11 Å². The molecule has 0 radical (unpaired) electrons. The van der Waals surface area contributed by atoms with Gasteiger partial charge >= 0.3 is 11.9 Å². The van der Waals surface area contributed by atoms with Crippen LogP contribution in [-0.2, 0) is 4.79 Å². The smallest absolute Gasteiger partial charge is 0.337 e. The minimum atomic E-state index is -4.20. The predicted octanol–water partition coefficient (Wildman–Crippen LogP) is 2.04. The molecule has 0 aliphatic carbocycles. The highest BCUT2D eigenvalue weighted by Gasteiger charge is 2.35. The van der Waals surface area contributed by atoms with Crippen LogP contribution in [0, 0.1) is 0 Å². The topological polar surface area (TPSA) is 37.3 Å². The van der Waals surface area contributed by atoms with Gasteiger partial charge in [0.1, 0.15) is 5.57 Å². The van der Waals surface area contributed by atoms with E-state index in [0.29, 0.717) is 0 Å². The van der Waals surface area contributed by atoms with Crippen molar-refractivity contribution >= 4 is 5.97 Å². The Balaban J connectivity index is 4.74. The molecule has 0 atom stereocenters. The lowest BCUT2D eigenvalue weighted by Gasteiger charge is -2.09. The zero-order chi connectivity index (χ0) is 9.94.